The van der Waals surface area contributed by atoms with Crippen LogP contribution in [0.3, 0.4) is 0 Å². The zero-order valence-corrected chi connectivity index (χ0v) is 17.5. The van der Waals surface area contributed by atoms with E-state index in [0.717, 1.165) is 25.8 Å². The van der Waals surface area contributed by atoms with Gasteiger partial charge in [-0.1, -0.05) is 68.1 Å². The lowest BCUT2D eigenvalue weighted by Crippen LogP contribution is -2.34. The highest BCUT2D eigenvalue weighted by Gasteiger charge is 2.16. The van der Waals surface area contributed by atoms with Gasteiger partial charge in [0.05, 0.1) is 0 Å². The molecule has 4 rings (SSSR count). The SMILES string of the molecule is Cc1ccccc1Cn1cc(CCC(=O)NC2CCCCCC2)c2ccccc21. The van der Waals surface area contributed by atoms with Crippen LogP contribution in [0.2, 0.25) is 0 Å². The van der Waals surface area contributed by atoms with E-state index in [1.165, 1.54) is 53.3 Å². The van der Waals surface area contributed by atoms with Gasteiger partial charge < -0.3 is 9.88 Å². The average molecular weight is 389 g/mol. The number of aromatic nitrogens is 1. The summed E-state index contributed by atoms with van der Waals surface area (Å²) in [6, 6.07) is 17.5. The van der Waals surface area contributed by atoms with E-state index >= 15 is 0 Å². The molecule has 29 heavy (non-hydrogen) atoms. The van der Waals surface area contributed by atoms with Crippen LogP contribution in [0.4, 0.5) is 0 Å². The number of nitrogens with zero attached hydrogens (tertiary/aromatic N) is 1. The molecular weight excluding hydrogens is 356 g/mol. The van der Waals surface area contributed by atoms with Crippen LogP contribution in [-0.2, 0) is 17.8 Å². The van der Waals surface area contributed by atoms with Crippen molar-refractivity contribution < 1.29 is 4.79 Å². The topological polar surface area (TPSA) is 34.0 Å². The summed E-state index contributed by atoms with van der Waals surface area (Å²) in [4.78, 5) is 12.6. The van der Waals surface area contributed by atoms with Crippen LogP contribution >= 0.6 is 0 Å². The second-order valence-electron chi connectivity index (χ2n) is 8.48. The number of carbonyl (C=O) groups excluding carboxylic acids is 1. The first-order valence-corrected chi connectivity index (χ1v) is 11.1. The van der Waals surface area contributed by atoms with Gasteiger partial charge in [0.2, 0.25) is 5.91 Å². The third-order valence-electron chi connectivity index (χ3n) is 6.31. The number of benzene rings is 2. The van der Waals surface area contributed by atoms with Crippen molar-refractivity contribution in [3.05, 3.63) is 71.4 Å². The summed E-state index contributed by atoms with van der Waals surface area (Å²) in [6.45, 7) is 3.03. The van der Waals surface area contributed by atoms with E-state index in [-0.39, 0.29) is 5.91 Å². The van der Waals surface area contributed by atoms with Crippen molar-refractivity contribution in [1.29, 1.82) is 0 Å². The van der Waals surface area contributed by atoms with Crippen molar-refractivity contribution >= 4 is 16.8 Å². The Kier molecular flexibility index (Phi) is 6.33. The number of carbonyl (C=O) groups is 1. The molecule has 0 saturated heterocycles. The molecule has 1 fully saturated rings. The van der Waals surface area contributed by atoms with E-state index in [9.17, 15) is 4.79 Å². The third kappa shape index (κ3) is 4.90. The Morgan fingerprint density at radius 1 is 0.966 bits per heavy atom. The monoisotopic (exact) mass is 388 g/mol. The summed E-state index contributed by atoms with van der Waals surface area (Å²) in [6.07, 6.45) is 11.0. The highest BCUT2D eigenvalue weighted by molar-refractivity contribution is 5.85. The van der Waals surface area contributed by atoms with E-state index in [1.807, 2.05) is 0 Å². The van der Waals surface area contributed by atoms with Crippen LogP contribution in [0.5, 0.6) is 0 Å². The number of para-hydroxylation sites is 1. The lowest BCUT2D eigenvalue weighted by atomic mass is 10.1. The molecule has 1 saturated carbocycles. The molecule has 2 aromatic carbocycles. The molecule has 1 aliphatic rings. The maximum Gasteiger partial charge on any atom is 0.220 e. The van der Waals surface area contributed by atoms with Gasteiger partial charge in [0, 0.05) is 36.1 Å². The van der Waals surface area contributed by atoms with Crippen LogP contribution < -0.4 is 5.32 Å². The van der Waals surface area contributed by atoms with Crippen molar-refractivity contribution in [2.24, 2.45) is 0 Å². The molecule has 0 atom stereocenters. The average Bonchev–Trinajstić information content (AvgIpc) is 2.88. The first kappa shape index (κ1) is 19.8. The first-order valence-electron chi connectivity index (χ1n) is 11.1. The molecule has 0 unspecified atom stereocenters. The zero-order chi connectivity index (χ0) is 20.1. The van der Waals surface area contributed by atoms with E-state index in [4.69, 9.17) is 0 Å². The summed E-state index contributed by atoms with van der Waals surface area (Å²) in [7, 11) is 0. The van der Waals surface area contributed by atoms with Crippen molar-refractivity contribution in [3.8, 4) is 0 Å². The summed E-state index contributed by atoms with van der Waals surface area (Å²) < 4.78 is 2.33. The standard InChI is InChI=1S/C26H32N2O/c1-20-10-6-7-11-21(20)18-28-19-22(24-14-8-9-15-25(24)28)16-17-26(29)27-23-12-4-2-3-5-13-23/h6-11,14-15,19,23H,2-5,12-13,16-18H2,1H3,(H,27,29). The molecule has 1 N–H and O–H groups in total. The van der Waals surface area contributed by atoms with Gasteiger partial charge in [-0.15, -0.1) is 0 Å². The molecule has 3 nitrogen and oxygen atoms in total. The number of rotatable bonds is 6. The third-order valence-corrected chi connectivity index (χ3v) is 6.31. The van der Waals surface area contributed by atoms with Crippen LogP contribution in [-0.4, -0.2) is 16.5 Å². The smallest absolute Gasteiger partial charge is 0.220 e. The molecule has 152 valence electrons. The summed E-state index contributed by atoms with van der Waals surface area (Å²) >= 11 is 0. The van der Waals surface area contributed by atoms with Gasteiger partial charge >= 0.3 is 0 Å². The fourth-order valence-electron chi connectivity index (χ4n) is 4.60. The molecule has 0 radical (unpaired) electrons. The van der Waals surface area contributed by atoms with Gasteiger partial charge in [0.25, 0.3) is 0 Å². The van der Waals surface area contributed by atoms with Gasteiger partial charge in [-0.25, -0.2) is 0 Å². The minimum Gasteiger partial charge on any atom is -0.353 e. The second kappa shape index (κ2) is 9.30. The van der Waals surface area contributed by atoms with E-state index < -0.39 is 0 Å². The van der Waals surface area contributed by atoms with Crippen molar-refractivity contribution in [2.45, 2.75) is 70.9 Å². The van der Waals surface area contributed by atoms with Crippen LogP contribution in [0, 0.1) is 6.92 Å². The fraction of sp³-hybridized carbons (Fsp3) is 0.423. The Morgan fingerprint density at radius 3 is 2.48 bits per heavy atom. The molecule has 0 spiro atoms. The predicted octanol–water partition coefficient (Wildman–Crippen LogP) is 5.77. The van der Waals surface area contributed by atoms with Crippen molar-refractivity contribution in [3.63, 3.8) is 0 Å². The van der Waals surface area contributed by atoms with Gasteiger partial charge in [-0.05, 0) is 48.9 Å². The number of aryl methyl sites for hydroxylation is 2. The fourth-order valence-corrected chi connectivity index (χ4v) is 4.60. The Labute approximate surface area is 174 Å². The molecule has 1 amide bonds. The molecule has 1 aliphatic carbocycles. The molecule has 0 aliphatic heterocycles. The highest BCUT2D eigenvalue weighted by atomic mass is 16.1. The quantitative estimate of drug-likeness (QED) is 0.534. The van der Waals surface area contributed by atoms with E-state index in [2.05, 4.69) is 71.5 Å². The van der Waals surface area contributed by atoms with Gasteiger partial charge in [-0.2, -0.15) is 0 Å². The van der Waals surface area contributed by atoms with Crippen LogP contribution in [0.1, 0.15) is 61.6 Å². The second-order valence-corrected chi connectivity index (χ2v) is 8.48. The Bertz CT molecular complexity index is 964. The van der Waals surface area contributed by atoms with Gasteiger partial charge in [-0.3, -0.25) is 4.79 Å². The zero-order valence-electron chi connectivity index (χ0n) is 17.5. The molecule has 1 aromatic heterocycles. The maximum atomic E-state index is 12.6. The number of hydrogen-bond acceptors (Lipinski definition) is 1. The molecule has 0 bridgehead atoms. The van der Waals surface area contributed by atoms with Crippen molar-refractivity contribution in [2.75, 3.05) is 0 Å². The van der Waals surface area contributed by atoms with E-state index in [1.54, 1.807) is 0 Å². The highest BCUT2D eigenvalue weighted by Crippen LogP contribution is 2.24. The largest absolute Gasteiger partial charge is 0.353 e. The number of fused-ring (bicyclic) bond motifs is 1. The Morgan fingerprint density at radius 2 is 1.69 bits per heavy atom. The summed E-state index contributed by atoms with van der Waals surface area (Å²) in [5, 5.41) is 4.55. The Hall–Kier alpha value is -2.55. The molecular formula is C26H32N2O. The molecule has 1 heterocycles. The number of nitrogens with one attached hydrogen (secondary N) is 1. The van der Waals surface area contributed by atoms with Crippen LogP contribution in [0.25, 0.3) is 10.9 Å². The van der Waals surface area contributed by atoms with E-state index in [0.29, 0.717) is 12.5 Å². The maximum absolute atomic E-state index is 12.6. The minimum atomic E-state index is 0.202. The summed E-state index contributed by atoms with van der Waals surface area (Å²) in [5.41, 5.74) is 5.17. The van der Waals surface area contributed by atoms with Crippen LogP contribution in [0.15, 0.2) is 54.7 Å². The predicted molar refractivity (Wildman–Crippen MR) is 120 cm³/mol. The lowest BCUT2D eigenvalue weighted by molar-refractivity contribution is -0.121. The van der Waals surface area contributed by atoms with Gasteiger partial charge in [0.1, 0.15) is 0 Å². The Balaban J connectivity index is 1.46. The lowest BCUT2D eigenvalue weighted by Gasteiger charge is -2.16. The molecule has 3 heteroatoms. The number of amides is 1. The minimum absolute atomic E-state index is 0.202. The molecule has 3 aromatic rings. The normalized spacial score (nSPS) is 15.3. The van der Waals surface area contributed by atoms with Gasteiger partial charge in [0.15, 0.2) is 0 Å². The first-order chi connectivity index (χ1) is 14.2. The van der Waals surface area contributed by atoms with Crippen molar-refractivity contribution in [1.82, 2.24) is 9.88 Å². The number of hydrogen-bond donors (Lipinski definition) is 1. The summed E-state index contributed by atoms with van der Waals surface area (Å²) in [5.74, 6) is 0.202.